The summed E-state index contributed by atoms with van der Waals surface area (Å²) in [6.45, 7) is 3.36. The molecule has 73 heavy (non-hydrogen) atoms. The molecule has 1 aliphatic rings. The van der Waals surface area contributed by atoms with Crippen LogP contribution in [-0.2, 0) is 21.9 Å². The van der Waals surface area contributed by atoms with Gasteiger partial charge in [0.2, 0.25) is 0 Å². The van der Waals surface area contributed by atoms with Gasteiger partial charge < -0.3 is 9.74 Å². The third kappa shape index (κ3) is 8.71. The molecule has 0 aromatic heterocycles. The Morgan fingerprint density at radius 1 is 0.342 bits per heavy atom. The molecule has 1 heterocycles. The average Bonchev–Trinajstić information content (AvgIpc) is 3.76. The first-order valence-corrected chi connectivity index (χ1v) is 22.2. The Morgan fingerprint density at radius 2 is 0.562 bits per heavy atom. The molecule has 0 unspecified atom stereocenters. The summed E-state index contributed by atoms with van der Waals surface area (Å²) in [6, 6.07) is -3.62. The molecule has 2 nitrogen and oxygen atoms in total. The minimum atomic E-state index is -8.98. The smallest absolute Gasteiger partial charge is 0.403 e. The van der Waals surface area contributed by atoms with Crippen molar-refractivity contribution in [2.24, 2.45) is 0 Å². The first kappa shape index (κ1) is 63.5. The zero-order chi connectivity index (χ0) is 58.1. The average molecular weight is 1160 g/mol. The molecule has 0 spiro atoms. The van der Waals surface area contributed by atoms with Crippen LogP contribution in [0.1, 0.15) is 35.1 Å². The third-order valence-corrected chi connectivity index (χ3v) is 11.7. The van der Waals surface area contributed by atoms with Crippen LogP contribution in [0.4, 0.5) is 149 Å². The summed E-state index contributed by atoms with van der Waals surface area (Å²) >= 11 is 0. The quantitative estimate of drug-likeness (QED) is 0.112. The number of benzene rings is 2. The molecule has 1 N–H and O–H groups in total. The molecule has 2 aromatic carbocycles. The Hall–Kier alpha value is -3.80. The summed E-state index contributed by atoms with van der Waals surface area (Å²) in [7, 11) is -3.55. The summed E-state index contributed by atoms with van der Waals surface area (Å²) in [5.41, 5.74) is -10.1. The molecule has 1 atom stereocenters. The Balaban J connectivity index is 2.27. The molecule has 37 heteroatoms. The SMILES string of the molecule is C[Si](C)(C)OC(c1ccc(C(F)(F)C(F)(F)C(F)(F)C(F)(F)C(F)(F)C(F)(F)C(F)(F)C(F)(F)F)cc1)(c1ccc(C(F)(F)C(F)(F)C(F)(F)C(F)(F)C(F)(F)C(F)(F)C(F)(F)C(F)(F)F)cc1)[C@@H]1CCCN1. The van der Waals surface area contributed by atoms with Crippen LogP contribution >= 0.6 is 0 Å². The Morgan fingerprint density at radius 3 is 0.767 bits per heavy atom. The molecule has 1 saturated heterocycles. The van der Waals surface area contributed by atoms with Gasteiger partial charge in [-0.05, 0) is 50.2 Å². The maximum Gasteiger partial charge on any atom is 0.460 e. The summed E-state index contributed by atoms with van der Waals surface area (Å²) in [5, 5.41) is 2.60. The molecule has 0 radical (unpaired) electrons. The highest BCUT2D eigenvalue weighted by Crippen LogP contribution is 2.67. The summed E-state index contributed by atoms with van der Waals surface area (Å²) < 4.78 is 481. The first-order valence-electron chi connectivity index (χ1n) is 18.8. The van der Waals surface area contributed by atoms with Gasteiger partial charge in [0.1, 0.15) is 5.60 Å². The van der Waals surface area contributed by atoms with Crippen molar-refractivity contribution in [3.63, 3.8) is 0 Å². The maximum absolute atomic E-state index is 15.3. The van der Waals surface area contributed by atoms with Crippen molar-refractivity contribution in [2.75, 3.05) is 6.54 Å². The van der Waals surface area contributed by atoms with E-state index in [1.54, 1.807) is 0 Å². The van der Waals surface area contributed by atoms with Crippen LogP contribution in [0.15, 0.2) is 48.5 Å². The van der Waals surface area contributed by atoms with Crippen LogP contribution in [0.5, 0.6) is 0 Å². The minimum Gasteiger partial charge on any atom is -0.403 e. The van der Waals surface area contributed by atoms with E-state index in [2.05, 4.69) is 5.32 Å². The minimum absolute atomic E-state index is 0.0138. The van der Waals surface area contributed by atoms with Crippen molar-refractivity contribution < 1.29 is 154 Å². The van der Waals surface area contributed by atoms with E-state index in [0.29, 0.717) is 0 Å². The first-order chi connectivity index (χ1) is 31.7. The van der Waals surface area contributed by atoms with Crippen molar-refractivity contribution >= 4 is 8.32 Å². The van der Waals surface area contributed by atoms with Crippen LogP contribution in [-0.4, -0.2) is 104 Å². The highest BCUT2D eigenvalue weighted by atomic mass is 28.4. The number of hydrogen-bond donors (Lipinski definition) is 1. The van der Waals surface area contributed by atoms with Crippen LogP contribution in [0, 0.1) is 0 Å². The predicted octanol–water partition coefficient (Wildman–Crippen LogP) is 15.5. The van der Waals surface area contributed by atoms with E-state index in [1.165, 1.54) is 19.6 Å². The lowest BCUT2D eigenvalue weighted by Gasteiger charge is -2.45. The van der Waals surface area contributed by atoms with E-state index in [4.69, 9.17) is 4.43 Å². The topological polar surface area (TPSA) is 21.3 Å². The van der Waals surface area contributed by atoms with Crippen molar-refractivity contribution in [1.29, 1.82) is 0 Å². The highest BCUT2D eigenvalue weighted by Gasteiger charge is 2.97. The maximum atomic E-state index is 15.3. The van der Waals surface area contributed by atoms with E-state index in [-0.39, 0.29) is 43.7 Å². The number of hydrogen-bond acceptors (Lipinski definition) is 2. The van der Waals surface area contributed by atoms with Crippen LogP contribution in [0.3, 0.4) is 0 Å². The molecular formula is C36H25F34NOSi. The summed E-state index contributed by atoms with van der Waals surface area (Å²) in [5.74, 6) is -119. The fourth-order valence-corrected chi connectivity index (χ4v) is 8.16. The Bertz CT molecular complexity index is 2130. The molecule has 3 rings (SSSR count). The Labute approximate surface area is 384 Å². The molecule has 0 saturated carbocycles. The standard InChI is InChI=1S/C36H25F34NOSi/c1-73(2,3)72-20(19-5-4-14-71-19,15-6-10-17(11-7-15)21(37,38)23(41,42)25(45,46)27(49,50)29(53,54)31(57,58)33(61,62)35(65,66)67)16-8-12-18(13-9-16)22(39,40)24(43,44)26(47,48)28(51,52)30(55,56)32(59,60)34(63,64)36(68,69)70/h6-13,19,71H,4-5,14H2,1-3H3/t19-/m0/s1. The van der Waals surface area contributed by atoms with Crippen LogP contribution in [0.25, 0.3) is 0 Å². The second-order valence-electron chi connectivity index (χ2n) is 16.8. The molecule has 0 aliphatic carbocycles. The molecule has 2 aromatic rings. The predicted molar refractivity (Wildman–Crippen MR) is 178 cm³/mol. The summed E-state index contributed by atoms with van der Waals surface area (Å²) in [6.07, 6.45) is -16.4. The second-order valence-corrected chi connectivity index (χ2v) is 21.2. The van der Waals surface area contributed by atoms with Gasteiger partial charge in [0, 0.05) is 17.2 Å². The lowest BCUT2D eigenvalue weighted by Crippen LogP contribution is -2.74. The third-order valence-electron chi connectivity index (χ3n) is 10.8. The number of nitrogens with one attached hydrogen (secondary N) is 1. The van der Waals surface area contributed by atoms with Gasteiger partial charge in [0.25, 0.3) is 0 Å². The van der Waals surface area contributed by atoms with Crippen molar-refractivity contribution in [3.05, 3.63) is 70.8 Å². The Kier molecular flexibility index (Phi) is 15.3. The number of rotatable bonds is 19. The van der Waals surface area contributed by atoms with Gasteiger partial charge in [0.15, 0.2) is 8.32 Å². The van der Waals surface area contributed by atoms with Gasteiger partial charge in [-0.2, -0.15) is 149 Å². The van der Waals surface area contributed by atoms with Crippen LogP contribution in [0.2, 0.25) is 19.6 Å². The second kappa shape index (κ2) is 17.6. The number of halogens is 34. The van der Waals surface area contributed by atoms with E-state index in [9.17, 15) is 132 Å². The zero-order valence-electron chi connectivity index (χ0n) is 35.1. The zero-order valence-corrected chi connectivity index (χ0v) is 36.1. The van der Waals surface area contributed by atoms with Gasteiger partial charge in [-0.3, -0.25) is 0 Å². The van der Waals surface area contributed by atoms with Crippen LogP contribution < -0.4 is 5.32 Å². The molecule has 0 amide bonds. The van der Waals surface area contributed by atoms with Gasteiger partial charge in [-0.25, -0.2) is 0 Å². The molecular weight excluding hydrogens is 1140 g/mol. The van der Waals surface area contributed by atoms with E-state index in [1.807, 2.05) is 0 Å². The normalized spacial score (nSPS) is 18.2. The molecule has 0 bridgehead atoms. The van der Waals surface area contributed by atoms with E-state index < -0.39 is 162 Å². The number of alkyl halides is 34. The van der Waals surface area contributed by atoms with Crippen molar-refractivity contribution in [2.45, 2.75) is 139 Å². The van der Waals surface area contributed by atoms with Crippen molar-refractivity contribution in [1.82, 2.24) is 5.32 Å². The van der Waals surface area contributed by atoms with Gasteiger partial charge in [-0.1, -0.05) is 48.5 Å². The van der Waals surface area contributed by atoms with Crippen molar-refractivity contribution in [3.8, 4) is 0 Å². The lowest BCUT2D eigenvalue weighted by atomic mass is 9.78. The summed E-state index contributed by atoms with van der Waals surface area (Å²) in [4.78, 5) is 0. The fourth-order valence-electron chi connectivity index (χ4n) is 6.82. The highest BCUT2D eigenvalue weighted by molar-refractivity contribution is 6.69. The molecule has 1 fully saturated rings. The fraction of sp³-hybridized carbons (Fsp3) is 0.667. The molecule has 1 aliphatic heterocycles. The van der Waals surface area contributed by atoms with Gasteiger partial charge in [0.05, 0.1) is 0 Å². The van der Waals surface area contributed by atoms with E-state index >= 15 is 17.6 Å². The van der Waals surface area contributed by atoms with Gasteiger partial charge in [-0.15, -0.1) is 0 Å². The monoisotopic (exact) mass is 1160 g/mol. The van der Waals surface area contributed by atoms with Gasteiger partial charge >= 0.3 is 95.3 Å². The molecule has 422 valence electrons. The largest absolute Gasteiger partial charge is 0.460 e. The van der Waals surface area contributed by atoms with E-state index in [0.717, 1.165) is 0 Å². The lowest BCUT2D eigenvalue weighted by molar-refractivity contribution is -0.462.